The van der Waals surface area contributed by atoms with Gasteiger partial charge in [-0.15, -0.1) is 0 Å². The molecule has 0 spiro atoms. The van der Waals surface area contributed by atoms with E-state index in [4.69, 9.17) is 10.5 Å². The number of hydrogen-bond donors (Lipinski definition) is 2. The molecule has 0 aromatic rings. The van der Waals surface area contributed by atoms with Crippen LogP contribution in [0.5, 0.6) is 0 Å². The Labute approximate surface area is 36.6 Å². The highest BCUT2D eigenvalue weighted by atomic mass is 16.2. The largest absolute Gasteiger partial charge is 0.392 e. The van der Waals surface area contributed by atoms with E-state index in [2.05, 4.69) is 0 Å². The summed E-state index contributed by atoms with van der Waals surface area (Å²) in [6.07, 6.45) is 4.09. The molecule has 2 heteroatoms. The maximum atomic E-state index is 8.01. The zero-order valence-corrected chi connectivity index (χ0v) is 3.39. The maximum absolute atomic E-state index is 8.01. The second-order valence-electron chi connectivity index (χ2n) is 0.777. The molecule has 0 fully saturated rings. The lowest BCUT2D eigenvalue weighted by atomic mass is 10.5. The van der Waals surface area contributed by atoms with Crippen molar-refractivity contribution in [3.05, 3.63) is 12.2 Å². The Kier molecular flexibility index (Phi) is 3.91. The molecular weight excluding hydrogens is 78.0 g/mol. The first-order valence-electron chi connectivity index (χ1n) is 1.68. The summed E-state index contributed by atoms with van der Waals surface area (Å²) in [6, 6.07) is 0. The van der Waals surface area contributed by atoms with Crippen molar-refractivity contribution < 1.29 is 5.11 Å². The van der Waals surface area contributed by atoms with Gasteiger partial charge >= 0.3 is 0 Å². The van der Waals surface area contributed by atoms with Gasteiger partial charge in [0.1, 0.15) is 0 Å². The van der Waals surface area contributed by atoms with E-state index in [1.807, 2.05) is 0 Å². The quantitative estimate of drug-likeness (QED) is 0.462. The molecule has 0 aromatic carbocycles. The minimum atomic E-state index is 0.0232. The molecule has 0 atom stereocenters. The van der Waals surface area contributed by atoms with E-state index in [0.717, 1.165) is 6.21 Å². The Bertz CT molecular complexity index is 58.6. The average Bonchev–Trinajstić information content (AvgIpc) is 1.61. The molecule has 0 rings (SSSR count). The van der Waals surface area contributed by atoms with Crippen LogP contribution >= 0.6 is 0 Å². The Morgan fingerprint density at radius 3 is 2.50 bits per heavy atom. The van der Waals surface area contributed by atoms with Gasteiger partial charge in [-0.1, -0.05) is 6.08 Å². The Morgan fingerprint density at radius 1 is 1.67 bits per heavy atom. The van der Waals surface area contributed by atoms with E-state index < -0.39 is 0 Å². The molecule has 6 heavy (non-hydrogen) atoms. The third kappa shape index (κ3) is 3.37. The van der Waals surface area contributed by atoms with Gasteiger partial charge < -0.3 is 10.5 Å². The zero-order valence-electron chi connectivity index (χ0n) is 3.39. The third-order valence-electron chi connectivity index (χ3n) is 0.338. The molecule has 0 saturated heterocycles. The Hall–Kier alpha value is -0.630. The highest BCUT2D eigenvalue weighted by molar-refractivity contribution is 5.67. The Morgan fingerprint density at radius 2 is 2.33 bits per heavy atom. The van der Waals surface area contributed by atoms with Crippen LogP contribution < -0.4 is 0 Å². The van der Waals surface area contributed by atoms with Crippen LogP contribution in [0.1, 0.15) is 0 Å². The van der Waals surface area contributed by atoms with E-state index >= 15 is 0 Å². The van der Waals surface area contributed by atoms with Crippen LogP contribution in [-0.2, 0) is 0 Å². The van der Waals surface area contributed by atoms with Gasteiger partial charge in [-0.05, 0) is 6.08 Å². The fraction of sp³-hybridized carbons (Fsp3) is 0.250. The molecule has 0 saturated carbocycles. The predicted octanol–water partition coefficient (Wildman–Crippen LogP) is 0.184. The topological polar surface area (TPSA) is 44.1 Å². The zero-order chi connectivity index (χ0) is 4.83. The minimum Gasteiger partial charge on any atom is -0.392 e. The van der Waals surface area contributed by atoms with E-state index in [-0.39, 0.29) is 6.61 Å². The summed E-state index contributed by atoms with van der Waals surface area (Å²) in [5.74, 6) is 0. The second-order valence-corrected chi connectivity index (χ2v) is 0.777. The van der Waals surface area contributed by atoms with Crippen molar-refractivity contribution in [1.82, 2.24) is 0 Å². The lowest BCUT2D eigenvalue weighted by Gasteiger charge is -1.67. The molecule has 0 aromatic heterocycles. The highest BCUT2D eigenvalue weighted by Gasteiger charge is 1.56. The van der Waals surface area contributed by atoms with Crippen molar-refractivity contribution in [2.45, 2.75) is 0 Å². The molecule has 0 bridgehead atoms. The monoisotopic (exact) mass is 85.1 g/mol. The van der Waals surface area contributed by atoms with Crippen LogP contribution in [0.2, 0.25) is 0 Å². The number of nitrogens with one attached hydrogen (secondary N) is 1. The van der Waals surface area contributed by atoms with Gasteiger partial charge in [0.15, 0.2) is 0 Å². The van der Waals surface area contributed by atoms with Gasteiger partial charge in [0.2, 0.25) is 0 Å². The smallest absolute Gasteiger partial charge is 0.0616 e. The fourth-order valence-electron chi connectivity index (χ4n) is 0.129. The lowest BCUT2D eigenvalue weighted by Crippen LogP contribution is -1.68. The van der Waals surface area contributed by atoms with Gasteiger partial charge in [-0.3, -0.25) is 0 Å². The normalized spacial score (nSPS) is 9.50. The second kappa shape index (κ2) is 4.37. The number of rotatable bonds is 2. The van der Waals surface area contributed by atoms with Crippen molar-refractivity contribution in [2.75, 3.05) is 6.61 Å². The Balaban J connectivity index is 2.94. The molecule has 0 radical (unpaired) electrons. The van der Waals surface area contributed by atoms with Gasteiger partial charge in [0.05, 0.1) is 6.61 Å². The third-order valence-corrected chi connectivity index (χ3v) is 0.338. The number of hydrogen-bond acceptors (Lipinski definition) is 2. The van der Waals surface area contributed by atoms with Crippen molar-refractivity contribution in [2.24, 2.45) is 0 Å². The van der Waals surface area contributed by atoms with Crippen LogP contribution in [0.15, 0.2) is 12.2 Å². The molecule has 0 aliphatic heterocycles. The van der Waals surface area contributed by atoms with Gasteiger partial charge in [0, 0.05) is 6.21 Å². The summed E-state index contributed by atoms with van der Waals surface area (Å²) >= 11 is 0. The molecular formula is C4H7NO. The van der Waals surface area contributed by atoms with Gasteiger partial charge in [-0.25, -0.2) is 0 Å². The van der Waals surface area contributed by atoms with Gasteiger partial charge in [0.25, 0.3) is 0 Å². The summed E-state index contributed by atoms with van der Waals surface area (Å²) in [4.78, 5) is 0. The van der Waals surface area contributed by atoms with E-state index in [1.165, 1.54) is 12.2 Å². The molecule has 0 amide bonds. The first-order chi connectivity index (χ1) is 2.91. The fourth-order valence-corrected chi connectivity index (χ4v) is 0.129. The first-order valence-corrected chi connectivity index (χ1v) is 1.68. The average molecular weight is 85.1 g/mol. The summed E-state index contributed by atoms with van der Waals surface area (Å²) < 4.78 is 0. The number of allylic oxidation sites excluding steroid dienone is 1. The molecule has 0 unspecified atom stereocenters. The molecule has 0 aliphatic carbocycles. The minimum absolute atomic E-state index is 0.0232. The lowest BCUT2D eigenvalue weighted by molar-refractivity contribution is 0.343. The van der Waals surface area contributed by atoms with Gasteiger partial charge in [-0.2, -0.15) is 0 Å². The molecule has 34 valence electrons. The van der Waals surface area contributed by atoms with Crippen LogP contribution in [0.4, 0.5) is 0 Å². The SMILES string of the molecule is N=C/C=C/CO. The van der Waals surface area contributed by atoms with E-state index in [0.29, 0.717) is 0 Å². The molecule has 0 aliphatic rings. The van der Waals surface area contributed by atoms with Crippen molar-refractivity contribution in [3.63, 3.8) is 0 Å². The van der Waals surface area contributed by atoms with Crippen molar-refractivity contribution >= 4 is 6.21 Å². The standard InChI is InChI=1S/C4H7NO/c5-3-1-2-4-6/h1-3,5-6H,4H2/b2-1+,5-3?. The predicted molar refractivity (Wildman–Crippen MR) is 25.0 cm³/mol. The van der Waals surface area contributed by atoms with E-state index in [9.17, 15) is 0 Å². The molecule has 2 N–H and O–H groups in total. The summed E-state index contributed by atoms with van der Waals surface area (Å²) in [5.41, 5.74) is 0. The van der Waals surface area contributed by atoms with Crippen LogP contribution in [0, 0.1) is 5.41 Å². The van der Waals surface area contributed by atoms with Crippen LogP contribution in [-0.4, -0.2) is 17.9 Å². The van der Waals surface area contributed by atoms with Crippen LogP contribution in [0.25, 0.3) is 0 Å². The molecule has 0 heterocycles. The highest BCUT2D eigenvalue weighted by Crippen LogP contribution is 1.59. The number of aliphatic hydroxyl groups is 1. The molecule has 2 nitrogen and oxygen atoms in total. The first kappa shape index (κ1) is 5.37. The van der Waals surface area contributed by atoms with Crippen molar-refractivity contribution in [3.8, 4) is 0 Å². The summed E-state index contributed by atoms with van der Waals surface area (Å²) in [6.45, 7) is 0.0232. The van der Waals surface area contributed by atoms with E-state index in [1.54, 1.807) is 0 Å². The summed E-state index contributed by atoms with van der Waals surface area (Å²) in [7, 11) is 0. The van der Waals surface area contributed by atoms with Crippen LogP contribution in [0.3, 0.4) is 0 Å². The maximum Gasteiger partial charge on any atom is 0.0616 e. The number of aliphatic hydroxyl groups excluding tert-OH is 1. The van der Waals surface area contributed by atoms with Crippen molar-refractivity contribution in [1.29, 1.82) is 5.41 Å². The summed E-state index contributed by atoms with van der Waals surface area (Å²) in [5, 5.41) is 14.4.